The maximum Gasteiger partial charge on any atom is 0.407 e. The van der Waals surface area contributed by atoms with Crippen molar-refractivity contribution in [2.45, 2.75) is 51.4 Å². The topological polar surface area (TPSA) is 97.8 Å². The van der Waals surface area contributed by atoms with Gasteiger partial charge in [-0.1, -0.05) is 0 Å². The number of nitrogens with zero attached hydrogens (tertiary/aromatic N) is 1. The van der Waals surface area contributed by atoms with E-state index >= 15 is 0 Å². The highest BCUT2D eigenvalue weighted by atomic mass is 16.6. The summed E-state index contributed by atoms with van der Waals surface area (Å²) in [6.45, 7) is 5.40. The third-order valence-corrected chi connectivity index (χ3v) is 3.08. The average molecular weight is 308 g/mol. The third kappa shape index (κ3) is 4.34. The Kier molecular flexibility index (Phi) is 4.54. The molecule has 1 aliphatic rings. The number of nitrogens with one attached hydrogen (secondary N) is 1. The second-order valence-electron chi connectivity index (χ2n) is 6.21. The van der Waals surface area contributed by atoms with E-state index in [-0.39, 0.29) is 23.6 Å². The van der Waals surface area contributed by atoms with Crippen LogP contribution in [0.4, 0.5) is 4.79 Å². The zero-order valence-corrected chi connectivity index (χ0v) is 12.8. The standard InChI is InChI=1S/C15H20N2O5/c1-15(2,3)22-14(20)17-9-7-10(8-9)21-11-5-4-6-16-12(11)13(18)19/h4-6,9-10H,7-8H2,1-3H3,(H,17,20)(H,18,19)/t9-,10+. The summed E-state index contributed by atoms with van der Waals surface area (Å²) in [5.41, 5.74) is -0.637. The predicted molar refractivity (Wildman–Crippen MR) is 78.0 cm³/mol. The smallest absolute Gasteiger partial charge is 0.407 e. The fourth-order valence-corrected chi connectivity index (χ4v) is 2.08. The first kappa shape index (κ1) is 16.1. The first-order valence-electron chi connectivity index (χ1n) is 7.09. The van der Waals surface area contributed by atoms with Crippen molar-refractivity contribution >= 4 is 12.1 Å². The molecule has 0 atom stereocenters. The van der Waals surface area contributed by atoms with E-state index in [2.05, 4.69) is 10.3 Å². The van der Waals surface area contributed by atoms with E-state index in [0.29, 0.717) is 12.8 Å². The summed E-state index contributed by atoms with van der Waals surface area (Å²) in [5, 5.41) is 11.8. The second-order valence-corrected chi connectivity index (χ2v) is 6.21. The van der Waals surface area contributed by atoms with Gasteiger partial charge in [-0.3, -0.25) is 0 Å². The zero-order valence-electron chi connectivity index (χ0n) is 12.8. The van der Waals surface area contributed by atoms with E-state index in [1.807, 2.05) is 0 Å². The van der Waals surface area contributed by atoms with Crippen LogP contribution >= 0.6 is 0 Å². The molecule has 1 aliphatic carbocycles. The molecule has 1 aromatic heterocycles. The summed E-state index contributed by atoms with van der Waals surface area (Å²) in [6, 6.07) is 3.17. The van der Waals surface area contributed by atoms with E-state index in [1.165, 1.54) is 6.20 Å². The number of ether oxygens (including phenoxy) is 2. The fraction of sp³-hybridized carbons (Fsp3) is 0.533. The number of rotatable bonds is 4. The largest absolute Gasteiger partial charge is 0.488 e. The van der Waals surface area contributed by atoms with Crippen LogP contribution < -0.4 is 10.1 Å². The van der Waals surface area contributed by atoms with Gasteiger partial charge >= 0.3 is 12.1 Å². The van der Waals surface area contributed by atoms with Gasteiger partial charge in [0.1, 0.15) is 11.7 Å². The SMILES string of the molecule is CC(C)(C)OC(=O)N[C@H]1C[C@@H](Oc2cccnc2C(=O)O)C1. The highest BCUT2D eigenvalue weighted by molar-refractivity contribution is 5.88. The number of carboxylic acids is 1. The first-order valence-corrected chi connectivity index (χ1v) is 7.09. The van der Waals surface area contributed by atoms with Crippen molar-refractivity contribution in [3.63, 3.8) is 0 Å². The number of aromatic carboxylic acids is 1. The fourth-order valence-electron chi connectivity index (χ4n) is 2.08. The van der Waals surface area contributed by atoms with Crippen molar-refractivity contribution in [2.24, 2.45) is 0 Å². The van der Waals surface area contributed by atoms with Crippen molar-refractivity contribution in [3.8, 4) is 5.75 Å². The zero-order chi connectivity index (χ0) is 16.3. The Bertz CT molecular complexity index is 561. The van der Waals surface area contributed by atoms with Crippen LogP contribution in [0, 0.1) is 0 Å². The number of hydrogen-bond acceptors (Lipinski definition) is 5. The van der Waals surface area contributed by atoms with Gasteiger partial charge < -0.3 is 19.9 Å². The number of alkyl carbamates (subject to hydrolysis) is 1. The highest BCUT2D eigenvalue weighted by Gasteiger charge is 2.34. The number of pyridine rings is 1. The van der Waals surface area contributed by atoms with Crippen molar-refractivity contribution in [1.29, 1.82) is 0 Å². The van der Waals surface area contributed by atoms with Crippen molar-refractivity contribution < 1.29 is 24.2 Å². The molecule has 0 spiro atoms. The van der Waals surface area contributed by atoms with Gasteiger partial charge in [0.25, 0.3) is 0 Å². The summed E-state index contributed by atoms with van der Waals surface area (Å²) < 4.78 is 10.8. The molecule has 1 fully saturated rings. The van der Waals surface area contributed by atoms with Gasteiger partial charge in [-0.05, 0) is 32.9 Å². The molecular formula is C15H20N2O5. The summed E-state index contributed by atoms with van der Waals surface area (Å²) in [5.74, 6) is -0.880. The number of carbonyl (C=O) groups excluding carboxylic acids is 1. The number of carboxylic acid groups (broad SMARTS) is 1. The minimum absolute atomic E-state index is 0.0233. The summed E-state index contributed by atoms with van der Waals surface area (Å²) in [7, 11) is 0. The van der Waals surface area contributed by atoms with Crippen LogP contribution in [-0.4, -0.2) is 39.9 Å². The van der Waals surface area contributed by atoms with Crippen LogP contribution in [0.25, 0.3) is 0 Å². The van der Waals surface area contributed by atoms with Gasteiger partial charge in [-0.25, -0.2) is 14.6 Å². The molecule has 1 saturated carbocycles. The van der Waals surface area contributed by atoms with Gasteiger partial charge in [-0.2, -0.15) is 0 Å². The molecule has 2 rings (SSSR count). The molecular weight excluding hydrogens is 288 g/mol. The Hall–Kier alpha value is -2.31. The maximum atomic E-state index is 11.6. The lowest BCUT2D eigenvalue weighted by molar-refractivity contribution is 0.0359. The van der Waals surface area contributed by atoms with Crippen molar-refractivity contribution in [2.75, 3.05) is 0 Å². The maximum absolute atomic E-state index is 11.6. The number of aromatic nitrogens is 1. The van der Waals surface area contributed by atoms with Crippen LogP contribution in [0.2, 0.25) is 0 Å². The molecule has 2 N–H and O–H groups in total. The van der Waals surface area contributed by atoms with Crippen LogP contribution in [0.5, 0.6) is 5.75 Å². The highest BCUT2D eigenvalue weighted by Crippen LogP contribution is 2.27. The van der Waals surface area contributed by atoms with E-state index < -0.39 is 17.7 Å². The van der Waals surface area contributed by atoms with Gasteiger partial charge in [0.2, 0.25) is 0 Å². The van der Waals surface area contributed by atoms with Gasteiger partial charge in [-0.15, -0.1) is 0 Å². The molecule has 0 unspecified atom stereocenters. The number of hydrogen-bond donors (Lipinski definition) is 2. The number of amides is 1. The van der Waals surface area contributed by atoms with Gasteiger partial charge in [0.15, 0.2) is 11.4 Å². The Morgan fingerprint density at radius 1 is 1.36 bits per heavy atom. The third-order valence-electron chi connectivity index (χ3n) is 3.08. The van der Waals surface area contributed by atoms with Crippen LogP contribution in [0.3, 0.4) is 0 Å². The normalized spacial score (nSPS) is 20.7. The van der Waals surface area contributed by atoms with Crippen LogP contribution in [-0.2, 0) is 4.74 Å². The lowest BCUT2D eigenvalue weighted by atomic mass is 9.89. The molecule has 0 bridgehead atoms. The lowest BCUT2D eigenvalue weighted by Crippen LogP contribution is -2.50. The molecule has 0 aromatic carbocycles. The Morgan fingerprint density at radius 2 is 2.05 bits per heavy atom. The Balaban J connectivity index is 1.81. The quantitative estimate of drug-likeness (QED) is 0.885. The lowest BCUT2D eigenvalue weighted by Gasteiger charge is -2.36. The Morgan fingerprint density at radius 3 is 2.64 bits per heavy atom. The molecule has 1 amide bonds. The summed E-state index contributed by atoms with van der Waals surface area (Å²) in [6.07, 6.45) is 2.02. The molecule has 1 heterocycles. The van der Waals surface area contributed by atoms with Crippen LogP contribution in [0.15, 0.2) is 18.3 Å². The molecule has 7 heteroatoms. The van der Waals surface area contributed by atoms with E-state index in [1.54, 1.807) is 32.9 Å². The van der Waals surface area contributed by atoms with Crippen molar-refractivity contribution in [1.82, 2.24) is 10.3 Å². The summed E-state index contributed by atoms with van der Waals surface area (Å²) in [4.78, 5) is 26.4. The van der Waals surface area contributed by atoms with E-state index in [9.17, 15) is 9.59 Å². The first-order chi connectivity index (χ1) is 10.2. The van der Waals surface area contributed by atoms with Crippen LogP contribution in [0.1, 0.15) is 44.1 Å². The van der Waals surface area contributed by atoms with Gasteiger partial charge in [0.05, 0.1) is 0 Å². The minimum Gasteiger partial charge on any atom is -0.488 e. The average Bonchev–Trinajstić information content (AvgIpc) is 2.34. The molecule has 120 valence electrons. The summed E-state index contributed by atoms with van der Waals surface area (Å²) >= 11 is 0. The number of carbonyl (C=O) groups is 2. The molecule has 1 aromatic rings. The molecule has 22 heavy (non-hydrogen) atoms. The molecule has 0 saturated heterocycles. The Labute approximate surface area is 128 Å². The monoisotopic (exact) mass is 308 g/mol. The molecule has 7 nitrogen and oxygen atoms in total. The van der Waals surface area contributed by atoms with Gasteiger partial charge in [0, 0.05) is 25.1 Å². The molecule has 0 radical (unpaired) electrons. The predicted octanol–water partition coefficient (Wildman–Crippen LogP) is 2.21. The molecule has 0 aliphatic heterocycles. The van der Waals surface area contributed by atoms with E-state index in [0.717, 1.165) is 0 Å². The second kappa shape index (κ2) is 6.21. The minimum atomic E-state index is -1.13. The van der Waals surface area contributed by atoms with E-state index in [4.69, 9.17) is 14.6 Å². The van der Waals surface area contributed by atoms with Crippen molar-refractivity contribution in [3.05, 3.63) is 24.0 Å².